The van der Waals surface area contributed by atoms with E-state index in [1.807, 2.05) is 24.3 Å². The maximum absolute atomic E-state index is 6.07. The SMILES string of the molecule is CC1CCC(COOc2ccc(OC3CCC(C)CC3)cc2)CC1. The van der Waals surface area contributed by atoms with E-state index < -0.39 is 0 Å². The van der Waals surface area contributed by atoms with Crippen LogP contribution in [-0.4, -0.2) is 12.7 Å². The van der Waals surface area contributed by atoms with Crippen LogP contribution in [0.3, 0.4) is 0 Å². The van der Waals surface area contributed by atoms with E-state index in [1.54, 1.807) is 0 Å². The summed E-state index contributed by atoms with van der Waals surface area (Å²) in [6.07, 6.45) is 10.4. The molecule has 1 aromatic rings. The molecule has 0 aliphatic heterocycles. The van der Waals surface area contributed by atoms with Gasteiger partial charge in [-0.1, -0.05) is 26.7 Å². The van der Waals surface area contributed by atoms with Gasteiger partial charge in [-0.15, -0.1) is 0 Å². The lowest BCUT2D eigenvalue weighted by Crippen LogP contribution is -2.22. The summed E-state index contributed by atoms with van der Waals surface area (Å²) in [5, 5.41) is 0. The van der Waals surface area contributed by atoms with Crippen molar-refractivity contribution in [3.05, 3.63) is 24.3 Å². The number of ether oxygens (including phenoxy) is 1. The minimum Gasteiger partial charge on any atom is -0.490 e. The van der Waals surface area contributed by atoms with Crippen LogP contribution in [0.15, 0.2) is 24.3 Å². The molecule has 3 nitrogen and oxygen atoms in total. The highest BCUT2D eigenvalue weighted by Gasteiger charge is 2.20. The average Bonchev–Trinajstić information content (AvgIpc) is 2.60. The maximum Gasteiger partial charge on any atom is 0.165 e. The third kappa shape index (κ3) is 5.41. The summed E-state index contributed by atoms with van der Waals surface area (Å²) in [7, 11) is 0. The van der Waals surface area contributed by atoms with Crippen LogP contribution in [0.2, 0.25) is 0 Å². The first-order valence-electron chi connectivity index (χ1n) is 9.75. The van der Waals surface area contributed by atoms with Crippen molar-refractivity contribution in [2.45, 2.75) is 71.3 Å². The second-order valence-electron chi connectivity index (χ2n) is 7.96. The van der Waals surface area contributed by atoms with Crippen molar-refractivity contribution in [2.24, 2.45) is 17.8 Å². The standard InChI is InChI=1S/C21H32O3/c1-16-3-7-18(8-4-16)15-22-24-21-13-11-20(12-14-21)23-19-9-5-17(2)6-10-19/h11-14,16-19H,3-10,15H2,1-2H3. The molecule has 0 N–H and O–H groups in total. The predicted octanol–water partition coefficient (Wildman–Crippen LogP) is 5.78. The van der Waals surface area contributed by atoms with E-state index in [4.69, 9.17) is 14.5 Å². The van der Waals surface area contributed by atoms with Gasteiger partial charge in [-0.25, -0.2) is 0 Å². The molecule has 0 amide bonds. The first-order valence-corrected chi connectivity index (χ1v) is 9.75. The quantitative estimate of drug-likeness (QED) is 0.488. The lowest BCUT2D eigenvalue weighted by Gasteiger charge is -2.27. The topological polar surface area (TPSA) is 27.7 Å². The molecule has 0 saturated heterocycles. The molecular formula is C21H32O3. The van der Waals surface area contributed by atoms with Gasteiger partial charge in [-0.3, -0.25) is 0 Å². The van der Waals surface area contributed by atoms with Crippen molar-refractivity contribution in [3.63, 3.8) is 0 Å². The van der Waals surface area contributed by atoms with Gasteiger partial charge in [0.15, 0.2) is 5.75 Å². The molecule has 0 aromatic heterocycles. The lowest BCUT2D eigenvalue weighted by molar-refractivity contribution is -0.218. The van der Waals surface area contributed by atoms with Gasteiger partial charge in [0.25, 0.3) is 0 Å². The van der Waals surface area contributed by atoms with Gasteiger partial charge in [0.1, 0.15) is 5.75 Å². The Kier molecular flexibility index (Phi) is 6.42. The fraction of sp³-hybridized carbons (Fsp3) is 0.714. The summed E-state index contributed by atoms with van der Waals surface area (Å²) in [5.41, 5.74) is 0. The fourth-order valence-corrected chi connectivity index (χ4v) is 3.81. The second-order valence-corrected chi connectivity index (χ2v) is 7.96. The molecule has 0 bridgehead atoms. The summed E-state index contributed by atoms with van der Waals surface area (Å²) in [4.78, 5) is 10.9. The van der Waals surface area contributed by atoms with Gasteiger partial charge in [-0.05, 0) is 80.5 Å². The molecule has 2 saturated carbocycles. The van der Waals surface area contributed by atoms with Crippen LogP contribution < -0.4 is 9.62 Å². The monoisotopic (exact) mass is 332 g/mol. The summed E-state index contributed by atoms with van der Waals surface area (Å²) >= 11 is 0. The molecule has 0 radical (unpaired) electrons. The Balaban J connectivity index is 1.37. The Bertz CT molecular complexity index is 468. The Morgan fingerprint density at radius 1 is 0.750 bits per heavy atom. The Hall–Kier alpha value is -1.22. The first-order chi connectivity index (χ1) is 11.7. The molecule has 134 valence electrons. The van der Waals surface area contributed by atoms with Gasteiger partial charge in [0.2, 0.25) is 0 Å². The predicted molar refractivity (Wildman–Crippen MR) is 96.2 cm³/mol. The van der Waals surface area contributed by atoms with Crippen LogP contribution in [0.4, 0.5) is 0 Å². The smallest absolute Gasteiger partial charge is 0.165 e. The summed E-state index contributed by atoms with van der Waals surface area (Å²) < 4.78 is 6.07. The van der Waals surface area contributed by atoms with Crippen molar-refractivity contribution < 1.29 is 14.5 Å². The minimum absolute atomic E-state index is 0.373. The third-order valence-corrected chi connectivity index (χ3v) is 5.68. The van der Waals surface area contributed by atoms with Gasteiger partial charge in [0.05, 0.1) is 12.7 Å². The molecule has 3 heteroatoms. The highest BCUT2D eigenvalue weighted by atomic mass is 17.2. The zero-order chi connectivity index (χ0) is 16.8. The fourth-order valence-electron chi connectivity index (χ4n) is 3.81. The number of rotatable bonds is 6. The third-order valence-electron chi connectivity index (χ3n) is 5.68. The number of hydrogen-bond acceptors (Lipinski definition) is 3. The Morgan fingerprint density at radius 2 is 1.29 bits per heavy atom. The average molecular weight is 332 g/mol. The normalized spacial score (nSPS) is 30.8. The second kappa shape index (κ2) is 8.75. The lowest BCUT2D eigenvalue weighted by atomic mass is 9.83. The van der Waals surface area contributed by atoms with E-state index in [9.17, 15) is 0 Å². The van der Waals surface area contributed by atoms with Crippen molar-refractivity contribution in [1.82, 2.24) is 0 Å². The van der Waals surface area contributed by atoms with Crippen LogP contribution >= 0.6 is 0 Å². The summed E-state index contributed by atoms with van der Waals surface area (Å²) in [5.74, 6) is 4.07. The van der Waals surface area contributed by atoms with Gasteiger partial charge in [-0.2, -0.15) is 4.89 Å². The molecule has 2 aliphatic carbocycles. The van der Waals surface area contributed by atoms with Crippen molar-refractivity contribution >= 4 is 0 Å². The van der Waals surface area contributed by atoms with Crippen LogP contribution in [-0.2, 0) is 4.89 Å². The van der Waals surface area contributed by atoms with E-state index in [0.717, 1.165) is 23.3 Å². The van der Waals surface area contributed by atoms with E-state index in [-0.39, 0.29) is 0 Å². The zero-order valence-electron chi connectivity index (χ0n) is 15.2. The Labute approximate surface area is 146 Å². The molecule has 3 rings (SSSR count). The molecule has 24 heavy (non-hydrogen) atoms. The molecule has 0 unspecified atom stereocenters. The van der Waals surface area contributed by atoms with Crippen molar-refractivity contribution in [3.8, 4) is 11.5 Å². The molecule has 2 fully saturated rings. The van der Waals surface area contributed by atoms with Crippen LogP contribution in [0.25, 0.3) is 0 Å². The van der Waals surface area contributed by atoms with E-state index in [2.05, 4.69) is 13.8 Å². The van der Waals surface area contributed by atoms with Crippen LogP contribution in [0.5, 0.6) is 11.5 Å². The van der Waals surface area contributed by atoms with Crippen LogP contribution in [0, 0.1) is 17.8 Å². The minimum atomic E-state index is 0.373. The van der Waals surface area contributed by atoms with Gasteiger partial charge >= 0.3 is 0 Å². The molecule has 0 spiro atoms. The van der Waals surface area contributed by atoms with Gasteiger partial charge < -0.3 is 9.62 Å². The molecule has 2 aliphatic rings. The largest absolute Gasteiger partial charge is 0.490 e. The molecule has 0 heterocycles. The zero-order valence-corrected chi connectivity index (χ0v) is 15.2. The van der Waals surface area contributed by atoms with Crippen molar-refractivity contribution in [1.29, 1.82) is 0 Å². The highest BCUT2D eigenvalue weighted by molar-refractivity contribution is 5.31. The molecular weight excluding hydrogens is 300 g/mol. The summed E-state index contributed by atoms with van der Waals surface area (Å²) in [6.45, 7) is 5.37. The molecule has 1 aromatic carbocycles. The number of hydrogen-bond donors (Lipinski definition) is 0. The van der Waals surface area contributed by atoms with E-state index in [1.165, 1.54) is 51.4 Å². The first kappa shape index (κ1) is 17.6. The summed E-state index contributed by atoms with van der Waals surface area (Å²) in [6, 6.07) is 7.84. The van der Waals surface area contributed by atoms with E-state index >= 15 is 0 Å². The Morgan fingerprint density at radius 3 is 1.92 bits per heavy atom. The number of benzene rings is 1. The van der Waals surface area contributed by atoms with E-state index in [0.29, 0.717) is 18.6 Å². The van der Waals surface area contributed by atoms with Crippen LogP contribution in [0.1, 0.15) is 65.2 Å². The van der Waals surface area contributed by atoms with Gasteiger partial charge in [0, 0.05) is 0 Å². The molecule has 0 atom stereocenters. The highest BCUT2D eigenvalue weighted by Crippen LogP contribution is 2.29. The maximum atomic E-state index is 6.07. The van der Waals surface area contributed by atoms with Crippen molar-refractivity contribution in [2.75, 3.05) is 6.61 Å².